The van der Waals surface area contributed by atoms with Gasteiger partial charge in [-0.25, -0.2) is 4.98 Å². The molecule has 0 amide bonds. The third kappa shape index (κ3) is 3.41. The molecule has 0 N–H and O–H groups in total. The fourth-order valence-electron chi connectivity index (χ4n) is 2.37. The number of hydrogen-bond donors (Lipinski definition) is 0. The van der Waals surface area contributed by atoms with Crippen LogP contribution in [0.1, 0.15) is 17.1 Å². The van der Waals surface area contributed by atoms with Gasteiger partial charge >= 0.3 is 0 Å². The van der Waals surface area contributed by atoms with Gasteiger partial charge in [0.25, 0.3) is 0 Å². The van der Waals surface area contributed by atoms with Gasteiger partial charge in [0.15, 0.2) is 0 Å². The first-order valence-corrected chi connectivity index (χ1v) is 7.02. The van der Waals surface area contributed by atoms with E-state index < -0.39 is 0 Å². The maximum Gasteiger partial charge on any atom is 0.0890 e. The number of fused-ring (bicyclic) bond motifs is 1. The van der Waals surface area contributed by atoms with E-state index in [0.29, 0.717) is 0 Å². The van der Waals surface area contributed by atoms with Crippen LogP contribution in [-0.2, 0) is 13.1 Å². The average Bonchev–Trinajstić information content (AvgIpc) is 2.47. The van der Waals surface area contributed by atoms with Gasteiger partial charge in [-0.2, -0.15) is 0 Å². The molecule has 0 spiro atoms. The summed E-state index contributed by atoms with van der Waals surface area (Å²) in [4.78, 5) is 15.8. The number of aryl methyl sites for hydroxylation is 1. The maximum atomic E-state index is 4.65. The lowest BCUT2D eigenvalue weighted by atomic mass is 10.2. The van der Waals surface area contributed by atoms with Crippen LogP contribution in [0.15, 0.2) is 48.7 Å². The van der Waals surface area contributed by atoms with Crippen LogP contribution in [-0.4, -0.2) is 26.9 Å². The Labute approximate surface area is 124 Å². The van der Waals surface area contributed by atoms with Crippen LogP contribution in [0.4, 0.5) is 0 Å². The zero-order valence-electron chi connectivity index (χ0n) is 12.3. The van der Waals surface area contributed by atoms with Gasteiger partial charge in [-0.15, -0.1) is 0 Å². The average molecular weight is 278 g/mol. The highest BCUT2D eigenvalue weighted by Crippen LogP contribution is 2.10. The monoisotopic (exact) mass is 278 g/mol. The van der Waals surface area contributed by atoms with Crippen LogP contribution in [0, 0.1) is 6.92 Å². The van der Waals surface area contributed by atoms with Crippen molar-refractivity contribution >= 4 is 11.0 Å². The molecule has 4 nitrogen and oxygen atoms in total. The first-order valence-electron chi connectivity index (χ1n) is 7.02. The van der Waals surface area contributed by atoms with E-state index in [2.05, 4.69) is 33.0 Å². The van der Waals surface area contributed by atoms with Crippen molar-refractivity contribution in [2.24, 2.45) is 0 Å². The van der Waals surface area contributed by atoms with E-state index in [-0.39, 0.29) is 0 Å². The van der Waals surface area contributed by atoms with E-state index >= 15 is 0 Å². The zero-order chi connectivity index (χ0) is 14.7. The standard InChI is InChI=1S/C17H18N4/c1-13-6-5-7-14(19-13)11-21(2)12-15-10-18-16-8-3-4-9-17(16)20-15/h3-10H,11-12H2,1-2H3. The minimum absolute atomic E-state index is 0.757. The molecule has 3 rings (SSSR count). The lowest BCUT2D eigenvalue weighted by molar-refractivity contribution is 0.311. The first kappa shape index (κ1) is 13.6. The fourth-order valence-corrected chi connectivity index (χ4v) is 2.37. The molecule has 0 saturated heterocycles. The highest BCUT2D eigenvalue weighted by Gasteiger charge is 2.05. The van der Waals surface area contributed by atoms with E-state index in [0.717, 1.165) is 41.2 Å². The van der Waals surface area contributed by atoms with Gasteiger partial charge in [0.2, 0.25) is 0 Å². The van der Waals surface area contributed by atoms with Crippen molar-refractivity contribution in [3.63, 3.8) is 0 Å². The molecule has 0 aliphatic carbocycles. The van der Waals surface area contributed by atoms with Crippen molar-refractivity contribution in [3.05, 3.63) is 65.7 Å². The molecule has 0 bridgehead atoms. The topological polar surface area (TPSA) is 41.9 Å². The smallest absolute Gasteiger partial charge is 0.0890 e. The van der Waals surface area contributed by atoms with Crippen LogP contribution in [0.25, 0.3) is 11.0 Å². The molecule has 2 aromatic heterocycles. The van der Waals surface area contributed by atoms with Crippen molar-refractivity contribution in [1.29, 1.82) is 0 Å². The van der Waals surface area contributed by atoms with Crippen LogP contribution in [0.2, 0.25) is 0 Å². The molecule has 0 fully saturated rings. The predicted octanol–water partition coefficient (Wildman–Crippen LogP) is 2.97. The van der Waals surface area contributed by atoms with Gasteiger partial charge in [-0.1, -0.05) is 18.2 Å². The van der Waals surface area contributed by atoms with Crippen molar-refractivity contribution in [1.82, 2.24) is 19.9 Å². The summed E-state index contributed by atoms with van der Waals surface area (Å²) >= 11 is 0. The van der Waals surface area contributed by atoms with Crippen LogP contribution >= 0.6 is 0 Å². The molecule has 0 unspecified atom stereocenters. The molecule has 0 atom stereocenters. The molecule has 4 heteroatoms. The highest BCUT2D eigenvalue weighted by atomic mass is 15.1. The predicted molar refractivity (Wildman–Crippen MR) is 83.7 cm³/mol. The summed E-state index contributed by atoms with van der Waals surface area (Å²) in [6, 6.07) is 14.0. The molecule has 0 radical (unpaired) electrons. The normalized spacial score (nSPS) is 11.2. The molecule has 0 aliphatic rings. The fraction of sp³-hybridized carbons (Fsp3) is 0.235. The number of pyridine rings is 1. The molecule has 1 aromatic carbocycles. The Kier molecular flexibility index (Phi) is 3.88. The third-order valence-corrected chi connectivity index (χ3v) is 3.31. The molecule has 21 heavy (non-hydrogen) atoms. The molecule has 0 saturated carbocycles. The lowest BCUT2D eigenvalue weighted by Gasteiger charge is -2.16. The number of benzene rings is 1. The van der Waals surface area contributed by atoms with Crippen LogP contribution in [0.5, 0.6) is 0 Å². The number of nitrogens with zero attached hydrogens (tertiary/aromatic N) is 4. The van der Waals surface area contributed by atoms with Crippen molar-refractivity contribution in [2.45, 2.75) is 20.0 Å². The van der Waals surface area contributed by atoms with Gasteiger partial charge in [-0.3, -0.25) is 14.9 Å². The summed E-state index contributed by atoms with van der Waals surface area (Å²) in [7, 11) is 2.07. The van der Waals surface area contributed by atoms with Gasteiger partial charge in [0, 0.05) is 18.8 Å². The number of rotatable bonds is 4. The Bertz CT molecular complexity index is 754. The van der Waals surface area contributed by atoms with Gasteiger partial charge in [0.05, 0.1) is 28.6 Å². The second-order valence-electron chi connectivity index (χ2n) is 5.29. The highest BCUT2D eigenvalue weighted by molar-refractivity contribution is 5.73. The van der Waals surface area contributed by atoms with Crippen LogP contribution < -0.4 is 0 Å². The summed E-state index contributed by atoms with van der Waals surface area (Å²) in [5.41, 5.74) is 4.97. The molecular formula is C17H18N4. The second-order valence-corrected chi connectivity index (χ2v) is 5.29. The molecule has 0 aliphatic heterocycles. The largest absolute Gasteiger partial charge is 0.295 e. The third-order valence-electron chi connectivity index (χ3n) is 3.31. The van der Waals surface area contributed by atoms with E-state index in [1.54, 1.807) is 0 Å². The van der Waals surface area contributed by atoms with Crippen molar-refractivity contribution in [2.75, 3.05) is 7.05 Å². The van der Waals surface area contributed by atoms with Gasteiger partial charge in [0.1, 0.15) is 0 Å². The summed E-state index contributed by atoms with van der Waals surface area (Å²) in [5, 5.41) is 0. The second kappa shape index (κ2) is 5.97. The summed E-state index contributed by atoms with van der Waals surface area (Å²) in [5.74, 6) is 0. The Hall–Kier alpha value is -2.33. The van der Waals surface area contributed by atoms with Crippen molar-refractivity contribution in [3.8, 4) is 0 Å². The Morgan fingerprint density at radius 3 is 2.43 bits per heavy atom. The Morgan fingerprint density at radius 2 is 1.62 bits per heavy atom. The van der Waals surface area contributed by atoms with Gasteiger partial charge in [-0.05, 0) is 38.2 Å². The summed E-state index contributed by atoms with van der Waals surface area (Å²) < 4.78 is 0. The summed E-state index contributed by atoms with van der Waals surface area (Å²) in [6.07, 6.45) is 1.85. The minimum atomic E-state index is 0.757. The molecular weight excluding hydrogens is 260 g/mol. The van der Waals surface area contributed by atoms with Crippen molar-refractivity contribution < 1.29 is 0 Å². The van der Waals surface area contributed by atoms with E-state index in [9.17, 15) is 0 Å². The van der Waals surface area contributed by atoms with E-state index in [1.165, 1.54) is 0 Å². The minimum Gasteiger partial charge on any atom is -0.295 e. The number of para-hydroxylation sites is 2. The van der Waals surface area contributed by atoms with Crippen LogP contribution in [0.3, 0.4) is 0 Å². The Morgan fingerprint density at radius 1 is 0.857 bits per heavy atom. The SMILES string of the molecule is Cc1cccc(CN(C)Cc2cnc3ccccc3n2)n1. The first-order chi connectivity index (χ1) is 10.2. The molecule has 3 aromatic rings. The molecule has 106 valence electrons. The number of hydrogen-bond acceptors (Lipinski definition) is 4. The quantitative estimate of drug-likeness (QED) is 0.736. The van der Waals surface area contributed by atoms with E-state index in [1.807, 2.05) is 49.5 Å². The number of aromatic nitrogens is 3. The Balaban J connectivity index is 1.72. The summed E-state index contributed by atoms with van der Waals surface area (Å²) in [6.45, 7) is 3.57. The van der Waals surface area contributed by atoms with E-state index in [4.69, 9.17) is 0 Å². The molecule has 2 heterocycles. The lowest BCUT2D eigenvalue weighted by Crippen LogP contribution is -2.19. The maximum absolute atomic E-state index is 4.65. The zero-order valence-corrected chi connectivity index (χ0v) is 12.3. The van der Waals surface area contributed by atoms with Gasteiger partial charge < -0.3 is 0 Å².